The Balaban J connectivity index is 0.00000289. The second kappa shape index (κ2) is 12.4. The van der Waals surface area contributed by atoms with Crippen LogP contribution in [0.1, 0.15) is 93.1 Å². The lowest BCUT2D eigenvalue weighted by Crippen LogP contribution is -2.53. The highest BCUT2D eigenvalue weighted by atomic mass is 16.6. The molecule has 0 aliphatic carbocycles. The number of benzene rings is 1. The van der Waals surface area contributed by atoms with Crippen LogP contribution in [0.3, 0.4) is 0 Å². The SMILES string of the molecule is CCCCCCCC(=O)N[C@H](CN1C(C)CCCC1C)[C@H](O)c1ccc2c(c1)OCCO2.[HH].[HH]. The van der Waals surface area contributed by atoms with Crippen LogP contribution in [0, 0.1) is 0 Å². The van der Waals surface area contributed by atoms with Gasteiger partial charge in [0.25, 0.3) is 0 Å². The third-order valence-electron chi connectivity index (χ3n) is 6.93. The van der Waals surface area contributed by atoms with Crippen LogP contribution in [0.15, 0.2) is 18.2 Å². The van der Waals surface area contributed by atoms with E-state index in [0.29, 0.717) is 49.8 Å². The number of aliphatic hydroxyl groups is 1. The summed E-state index contributed by atoms with van der Waals surface area (Å²) >= 11 is 0. The molecule has 1 aromatic rings. The Morgan fingerprint density at radius 3 is 2.53 bits per heavy atom. The minimum atomic E-state index is -0.809. The highest BCUT2D eigenvalue weighted by Gasteiger charge is 2.32. The number of nitrogens with zero attached hydrogens (tertiary/aromatic N) is 1. The summed E-state index contributed by atoms with van der Waals surface area (Å²) in [5, 5.41) is 14.5. The number of nitrogens with one attached hydrogen (secondary N) is 1. The van der Waals surface area contributed by atoms with Gasteiger partial charge in [0, 0.05) is 27.9 Å². The predicted molar refractivity (Wildman–Crippen MR) is 131 cm³/mol. The number of unbranched alkanes of at least 4 members (excludes halogenated alkanes) is 4. The summed E-state index contributed by atoms with van der Waals surface area (Å²) in [4.78, 5) is 15.2. The molecule has 32 heavy (non-hydrogen) atoms. The van der Waals surface area contributed by atoms with Crippen molar-refractivity contribution >= 4 is 5.91 Å². The molecule has 6 nitrogen and oxygen atoms in total. The van der Waals surface area contributed by atoms with Gasteiger partial charge in [-0.15, -0.1) is 0 Å². The standard InChI is InChI=1S/C26H42N2O4.2H2/c1-4-5-6-7-8-12-25(29)27-22(18-28-19(2)10-9-11-20(28)3)26(30)21-13-14-23-24(17-21)32-16-15-31-23;;/h13-14,17,19-20,22,26,30H,4-12,15-16,18H2,1-3H3,(H,27,29);2*1H/t19?,20?,22-,26-;;/m1../s1. The quantitative estimate of drug-likeness (QED) is 0.460. The summed E-state index contributed by atoms with van der Waals surface area (Å²) in [6.07, 6.45) is 8.82. The summed E-state index contributed by atoms with van der Waals surface area (Å²) < 4.78 is 11.3. The largest absolute Gasteiger partial charge is 0.486 e. The lowest BCUT2D eigenvalue weighted by atomic mass is 9.94. The third-order valence-corrected chi connectivity index (χ3v) is 6.93. The van der Waals surface area contributed by atoms with E-state index in [9.17, 15) is 9.90 Å². The van der Waals surface area contributed by atoms with Gasteiger partial charge >= 0.3 is 0 Å². The number of rotatable bonds is 11. The van der Waals surface area contributed by atoms with Crippen LogP contribution in [0.25, 0.3) is 0 Å². The second-order valence-electron chi connectivity index (χ2n) is 9.51. The Morgan fingerprint density at radius 1 is 1.12 bits per heavy atom. The smallest absolute Gasteiger partial charge is 0.220 e. The minimum absolute atomic E-state index is 0. The summed E-state index contributed by atoms with van der Waals surface area (Å²) in [6, 6.07) is 6.10. The average Bonchev–Trinajstić information content (AvgIpc) is 2.80. The Kier molecular flexibility index (Phi) is 9.67. The van der Waals surface area contributed by atoms with E-state index in [1.807, 2.05) is 18.2 Å². The first-order valence-electron chi connectivity index (χ1n) is 12.6. The highest BCUT2D eigenvalue weighted by Crippen LogP contribution is 2.34. The van der Waals surface area contributed by atoms with Crippen molar-refractivity contribution in [2.75, 3.05) is 19.8 Å². The van der Waals surface area contributed by atoms with Gasteiger partial charge in [-0.05, 0) is 50.8 Å². The lowest BCUT2D eigenvalue weighted by molar-refractivity contribution is -0.123. The molecule has 184 valence electrons. The number of likely N-dealkylation sites (tertiary alicyclic amines) is 1. The van der Waals surface area contributed by atoms with Gasteiger partial charge in [0.2, 0.25) is 5.91 Å². The van der Waals surface area contributed by atoms with Crippen molar-refractivity contribution in [1.82, 2.24) is 10.2 Å². The van der Waals surface area contributed by atoms with Crippen molar-refractivity contribution in [1.29, 1.82) is 0 Å². The van der Waals surface area contributed by atoms with Gasteiger partial charge in [-0.25, -0.2) is 0 Å². The molecule has 1 saturated heterocycles. The van der Waals surface area contributed by atoms with E-state index < -0.39 is 6.10 Å². The van der Waals surface area contributed by atoms with Gasteiger partial charge in [-0.1, -0.05) is 45.1 Å². The van der Waals surface area contributed by atoms with E-state index in [1.165, 1.54) is 25.7 Å². The maximum Gasteiger partial charge on any atom is 0.220 e. The zero-order chi connectivity index (χ0) is 22.9. The second-order valence-corrected chi connectivity index (χ2v) is 9.51. The van der Waals surface area contributed by atoms with Gasteiger partial charge < -0.3 is 19.9 Å². The zero-order valence-corrected chi connectivity index (χ0v) is 20.1. The normalized spacial score (nSPS) is 22.9. The highest BCUT2D eigenvalue weighted by molar-refractivity contribution is 5.76. The topological polar surface area (TPSA) is 71.0 Å². The molecule has 0 radical (unpaired) electrons. The van der Waals surface area contributed by atoms with E-state index >= 15 is 0 Å². The molecule has 1 aromatic carbocycles. The molecule has 4 atom stereocenters. The van der Waals surface area contributed by atoms with Gasteiger partial charge in [0.1, 0.15) is 19.3 Å². The average molecular weight is 451 g/mol. The maximum absolute atomic E-state index is 12.8. The molecule has 2 aliphatic heterocycles. The molecule has 2 aliphatic rings. The Bertz CT molecular complexity index is 727. The van der Waals surface area contributed by atoms with Gasteiger partial charge in [-0.2, -0.15) is 0 Å². The van der Waals surface area contributed by atoms with E-state index in [1.54, 1.807) is 0 Å². The van der Waals surface area contributed by atoms with Crippen LogP contribution >= 0.6 is 0 Å². The van der Waals surface area contributed by atoms with E-state index in [-0.39, 0.29) is 14.8 Å². The summed E-state index contributed by atoms with van der Waals surface area (Å²) in [6.45, 7) is 8.38. The molecule has 0 bridgehead atoms. The number of carbonyl (C=O) groups excluding carboxylic acids is 1. The first-order chi connectivity index (χ1) is 15.5. The Morgan fingerprint density at radius 2 is 1.81 bits per heavy atom. The number of aliphatic hydroxyl groups excluding tert-OH is 1. The van der Waals surface area contributed by atoms with Crippen LogP contribution in [0.2, 0.25) is 0 Å². The molecular weight excluding hydrogens is 404 g/mol. The lowest BCUT2D eigenvalue weighted by Gasteiger charge is -2.42. The van der Waals surface area contributed by atoms with E-state index in [0.717, 1.165) is 31.2 Å². The van der Waals surface area contributed by atoms with Crippen LogP contribution < -0.4 is 14.8 Å². The van der Waals surface area contributed by atoms with Crippen LogP contribution in [0.4, 0.5) is 0 Å². The summed E-state index contributed by atoms with van der Waals surface area (Å²) in [5.74, 6) is 1.40. The van der Waals surface area contributed by atoms with Crippen molar-refractivity contribution in [3.8, 4) is 11.5 Å². The Labute approximate surface area is 196 Å². The van der Waals surface area contributed by atoms with Crippen LogP contribution in [-0.4, -0.2) is 53.8 Å². The number of hydrogen-bond acceptors (Lipinski definition) is 5. The number of ether oxygens (including phenoxy) is 2. The van der Waals surface area contributed by atoms with E-state index in [4.69, 9.17) is 9.47 Å². The fraction of sp³-hybridized carbons (Fsp3) is 0.731. The van der Waals surface area contributed by atoms with Crippen molar-refractivity contribution in [3.05, 3.63) is 23.8 Å². The number of carbonyl (C=O) groups is 1. The molecule has 2 unspecified atom stereocenters. The molecule has 0 spiro atoms. The maximum atomic E-state index is 12.8. The molecule has 2 heterocycles. The molecular formula is C26H46N2O4. The fourth-order valence-corrected chi connectivity index (χ4v) is 4.93. The molecule has 3 rings (SSSR count). The minimum Gasteiger partial charge on any atom is -0.486 e. The van der Waals surface area contributed by atoms with Crippen molar-refractivity contribution in [2.24, 2.45) is 0 Å². The molecule has 1 fully saturated rings. The summed E-state index contributed by atoms with van der Waals surface area (Å²) in [7, 11) is 0. The van der Waals surface area contributed by atoms with Crippen LogP contribution in [-0.2, 0) is 4.79 Å². The van der Waals surface area contributed by atoms with E-state index in [2.05, 4.69) is 31.0 Å². The molecule has 6 heteroatoms. The molecule has 2 N–H and O–H groups in total. The number of fused-ring (bicyclic) bond motifs is 1. The molecule has 0 saturated carbocycles. The monoisotopic (exact) mass is 450 g/mol. The number of hydrogen-bond donors (Lipinski definition) is 2. The van der Waals surface area contributed by atoms with Crippen LogP contribution in [0.5, 0.6) is 11.5 Å². The van der Waals surface area contributed by atoms with Gasteiger partial charge in [-0.3, -0.25) is 9.69 Å². The first kappa shape index (κ1) is 24.8. The van der Waals surface area contributed by atoms with Gasteiger partial charge in [0.15, 0.2) is 11.5 Å². The third kappa shape index (κ3) is 6.85. The molecule has 1 amide bonds. The predicted octanol–water partition coefficient (Wildman–Crippen LogP) is 5.09. The molecule has 0 aromatic heterocycles. The van der Waals surface area contributed by atoms with Crippen molar-refractivity contribution in [2.45, 2.75) is 103 Å². The number of amides is 1. The fourth-order valence-electron chi connectivity index (χ4n) is 4.93. The van der Waals surface area contributed by atoms with Crippen molar-refractivity contribution < 1.29 is 22.2 Å². The van der Waals surface area contributed by atoms with Crippen molar-refractivity contribution in [3.63, 3.8) is 0 Å². The number of piperidine rings is 1. The Hall–Kier alpha value is -1.79. The zero-order valence-electron chi connectivity index (χ0n) is 20.1. The van der Waals surface area contributed by atoms with Gasteiger partial charge in [0.05, 0.1) is 6.04 Å². The summed E-state index contributed by atoms with van der Waals surface area (Å²) in [5.41, 5.74) is 0.750. The first-order valence-corrected chi connectivity index (χ1v) is 12.6.